The molecule has 0 saturated carbocycles. The highest BCUT2D eigenvalue weighted by molar-refractivity contribution is 6.23. The molecule has 17 heavy (non-hydrogen) atoms. The third-order valence-electron chi connectivity index (χ3n) is 2.29. The van der Waals surface area contributed by atoms with Gasteiger partial charge in [0.15, 0.2) is 0 Å². The topological polar surface area (TPSA) is 89.3 Å². The first-order chi connectivity index (χ1) is 8.13. The second-order valence-corrected chi connectivity index (χ2v) is 3.57. The predicted octanol–water partition coefficient (Wildman–Crippen LogP) is 0.0332. The van der Waals surface area contributed by atoms with Crippen molar-refractivity contribution in [2.75, 3.05) is 6.54 Å². The van der Waals surface area contributed by atoms with Crippen molar-refractivity contribution in [2.45, 2.75) is 12.8 Å². The van der Waals surface area contributed by atoms with E-state index in [1.54, 1.807) is 12.1 Å². The number of aryl methyl sites for hydroxylation is 1. The van der Waals surface area contributed by atoms with Crippen molar-refractivity contribution in [3.63, 3.8) is 0 Å². The van der Waals surface area contributed by atoms with Gasteiger partial charge >= 0.3 is 0 Å². The molecule has 0 aromatic heterocycles. The van der Waals surface area contributed by atoms with E-state index in [2.05, 4.69) is 5.32 Å². The molecule has 0 bridgehead atoms. The fourth-order valence-corrected chi connectivity index (χ4v) is 1.38. The summed E-state index contributed by atoms with van der Waals surface area (Å²) in [6.07, 6.45) is 1.75. The van der Waals surface area contributed by atoms with Crippen LogP contribution in [0.3, 0.4) is 0 Å². The van der Waals surface area contributed by atoms with Crippen LogP contribution in [0, 0.1) is 0 Å². The predicted molar refractivity (Wildman–Crippen MR) is 62.4 cm³/mol. The number of nitrogens with two attached hydrogens (primary N) is 1. The van der Waals surface area contributed by atoms with Gasteiger partial charge in [-0.05, 0) is 30.5 Å². The minimum atomic E-state index is -0.603. The van der Waals surface area contributed by atoms with E-state index < -0.39 is 11.8 Å². The van der Waals surface area contributed by atoms with Gasteiger partial charge < -0.3 is 11.1 Å². The lowest BCUT2D eigenvalue weighted by Gasteiger charge is -2.03. The molecule has 0 unspecified atom stereocenters. The Hall–Kier alpha value is -2.17. The highest BCUT2D eigenvalue weighted by Gasteiger charge is 2.00. The van der Waals surface area contributed by atoms with Crippen molar-refractivity contribution in [3.8, 4) is 0 Å². The number of aldehydes is 1. The van der Waals surface area contributed by atoms with Crippen LogP contribution in [0.5, 0.6) is 0 Å². The monoisotopic (exact) mass is 234 g/mol. The van der Waals surface area contributed by atoms with Crippen LogP contribution in [0.2, 0.25) is 0 Å². The van der Waals surface area contributed by atoms with Gasteiger partial charge in [-0.15, -0.1) is 0 Å². The van der Waals surface area contributed by atoms with Crippen LogP contribution in [-0.2, 0) is 16.0 Å². The van der Waals surface area contributed by atoms with Crippen LogP contribution in [0.25, 0.3) is 0 Å². The number of hydrogen-bond acceptors (Lipinski definition) is 3. The van der Waals surface area contributed by atoms with E-state index in [0.29, 0.717) is 12.1 Å². The Morgan fingerprint density at radius 2 is 1.88 bits per heavy atom. The van der Waals surface area contributed by atoms with Crippen molar-refractivity contribution in [1.82, 2.24) is 5.32 Å². The second kappa shape index (κ2) is 6.42. The lowest BCUT2D eigenvalue weighted by Crippen LogP contribution is -2.25. The average molecular weight is 234 g/mol. The second-order valence-electron chi connectivity index (χ2n) is 3.57. The summed E-state index contributed by atoms with van der Waals surface area (Å²) >= 11 is 0. The lowest BCUT2D eigenvalue weighted by atomic mass is 10.1. The zero-order valence-electron chi connectivity index (χ0n) is 9.31. The van der Waals surface area contributed by atoms with Crippen molar-refractivity contribution >= 4 is 18.1 Å². The Kier molecular flexibility index (Phi) is 4.87. The van der Waals surface area contributed by atoms with Crippen LogP contribution in [0.15, 0.2) is 24.3 Å². The normalized spacial score (nSPS) is 9.65. The summed E-state index contributed by atoms with van der Waals surface area (Å²) in [4.78, 5) is 31.4. The fraction of sp³-hybridized carbons (Fsp3) is 0.250. The number of benzene rings is 1. The van der Waals surface area contributed by atoms with Crippen molar-refractivity contribution in [3.05, 3.63) is 35.4 Å². The number of carbonyl (C=O) groups excluding carboxylic acids is 3. The number of nitrogens with one attached hydrogen (secondary N) is 1. The summed E-state index contributed by atoms with van der Waals surface area (Å²) in [5.74, 6) is -1.05. The molecule has 0 aliphatic carbocycles. The number of carbonyl (C=O) groups is 3. The molecule has 0 spiro atoms. The van der Waals surface area contributed by atoms with Crippen LogP contribution in [0.1, 0.15) is 22.3 Å². The van der Waals surface area contributed by atoms with Gasteiger partial charge in [-0.2, -0.15) is 0 Å². The maximum atomic E-state index is 10.8. The molecule has 0 radical (unpaired) electrons. The highest BCUT2D eigenvalue weighted by atomic mass is 16.2. The number of amides is 2. The molecule has 1 aromatic carbocycles. The van der Waals surface area contributed by atoms with Crippen LogP contribution < -0.4 is 11.1 Å². The molecule has 0 saturated heterocycles. The van der Waals surface area contributed by atoms with Crippen molar-refractivity contribution < 1.29 is 14.4 Å². The van der Waals surface area contributed by atoms with Crippen LogP contribution >= 0.6 is 0 Å². The number of primary amides is 1. The van der Waals surface area contributed by atoms with E-state index in [0.717, 1.165) is 18.4 Å². The largest absolute Gasteiger partial charge is 0.366 e. The molecule has 0 aliphatic rings. The fourth-order valence-electron chi connectivity index (χ4n) is 1.38. The van der Waals surface area contributed by atoms with Crippen LogP contribution in [-0.4, -0.2) is 24.6 Å². The molecular weight excluding hydrogens is 220 g/mol. The minimum absolute atomic E-state index is 0.252. The summed E-state index contributed by atoms with van der Waals surface area (Å²) in [7, 11) is 0. The SMILES string of the molecule is NC(=O)c1ccc(CCCNC(=O)C=O)cc1. The minimum Gasteiger partial charge on any atom is -0.366 e. The third kappa shape index (κ3) is 4.46. The van der Waals surface area contributed by atoms with Crippen LogP contribution in [0.4, 0.5) is 0 Å². The van der Waals surface area contributed by atoms with Gasteiger partial charge in [0.05, 0.1) is 0 Å². The maximum Gasteiger partial charge on any atom is 0.284 e. The Balaban J connectivity index is 2.35. The van der Waals surface area contributed by atoms with Crippen molar-refractivity contribution in [1.29, 1.82) is 0 Å². The molecule has 0 aliphatic heterocycles. The van der Waals surface area contributed by atoms with E-state index in [1.807, 2.05) is 12.1 Å². The first-order valence-electron chi connectivity index (χ1n) is 5.25. The molecule has 1 rings (SSSR count). The summed E-state index contributed by atoms with van der Waals surface area (Å²) < 4.78 is 0. The van der Waals surface area contributed by atoms with Crippen molar-refractivity contribution in [2.24, 2.45) is 5.73 Å². The Bertz CT molecular complexity index is 412. The zero-order valence-corrected chi connectivity index (χ0v) is 9.31. The Morgan fingerprint density at radius 1 is 1.24 bits per heavy atom. The van der Waals surface area contributed by atoms with Gasteiger partial charge in [0.2, 0.25) is 12.2 Å². The molecule has 5 nitrogen and oxygen atoms in total. The van der Waals surface area contributed by atoms with E-state index in [9.17, 15) is 14.4 Å². The third-order valence-corrected chi connectivity index (χ3v) is 2.29. The highest BCUT2D eigenvalue weighted by Crippen LogP contribution is 2.05. The van der Waals surface area contributed by atoms with Gasteiger partial charge in [0.25, 0.3) is 5.91 Å². The molecule has 0 fully saturated rings. The summed E-state index contributed by atoms with van der Waals surface area (Å²) in [5, 5.41) is 2.45. The van der Waals surface area contributed by atoms with E-state index in [-0.39, 0.29) is 6.29 Å². The zero-order chi connectivity index (χ0) is 12.7. The molecular formula is C12H14N2O3. The Morgan fingerprint density at radius 3 is 2.41 bits per heavy atom. The quantitative estimate of drug-likeness (QED) is 0.413. The lowest BCUT2D eigenvalue weighted by molar-refractivity contribution is -0.131. The molecule has 0 atom stereocenters. The maximum absolute atomic E-state index is 10.8. The van der Waals surface area contributed by atoms with E-state index >= 15 is 0 Å². The van der Waals surface area contributed by atoms with E-state index in [4.69, 9.17) is 5.73 Å². The molecule has 3 N–H and O–H groups in total. The van der Waals surface area contributed by atoms with Gasteiger partial charge in [0, 0.05) is 12.1 Å². The summed E-state index contributed by atoms with van der Waals surface area (Å²) in [5.41, 5.74) is 6.64. The van der Waals surface area contributed by atoms with Gasteiger partial charge in [-0.3, -0.25) is 14.4 Å². The van der Waals surface area contributed by atoms with Gasteiger partial charge in [-0.25, -0.2) is 0 Å². The van der Waals surface area contributed by atoms with Gasteiger partial charge in [0.1, 0.15) is 0 Å². The standard InChI is InChI=1S/C12H14N2O3/c13-12(17)10-5-3-9(4-6-10)2-1-7-14-11(16)8-15/h3-6,8H,1-2,7H2,(H2,13,17)(H,14,16). The van der Waals surface area contributed by atoms with E-state index in [1.165, 1.54) is 0 Å². The number of hydrogen-bond donors (Lipinski definition) is 2. The Labute approximate surface area is 99.0 Å². The summed E-state index contributed by atoms with van der Waals surface area (Å²) in [6, 6.07) is 6.98. The smallest absolute Gasteiger partial charge is 0.284 e. The average Bonchev–Trinajstić information content (AvgIpc) is 2.34. The first kappa shape index (κ1) is 12.9. The molecule has 1 aromatic rings. The molecule has 2 amide bonds. The molecule has 90 valence electrons. The van der Waals surface area contributed by atoms with Gasteiger partial charge in [-0.1, -0.05) is 12.1 Å². The number of rotatable bonds is 6. The molecule has 5 heteroatoms. The molecule has 0 heterocycles. The first-order valence-corrected chi connectivity index (χ1v) is 5.25. The summed E-state index contributed by atoms with van der Waals surface area (Å²) in [6.45, 7) is 0.454.